The summed E-state index contributed by atoms with van der Waals surface area (Å²) >= 11 is 0. The smallest absolute Gasteiger partial charge is 0.103 e. The van der Waals surface area contributed by atoms with Crippen LogP contribution in [0.3, 0.4) is 0 Å². The lowest BCUT2D eigenvalue weighted by molar-refractivity contribution is -0.0516. The fraction of sp³-hybridized carbons (Fsp3) is 1.00. The van der Waals surface area contributed by atoms with Crippen molar-refractivity contribution < 1.29 is 19.7 Å². The van der Waals surface area contributed by atoms with Gasteiger partial charge in [-0.25, -0.2) is 0 Å². The molecule has 4 nitrogen and oxygen atoms in total. The number of hydrogen-bond acceptors (Lipinski definition) is 4. The van der Waals surface area contributed by atoms with Crippen molar-refractivity contribution in [2.24, 2.45) is 0 Å². The lowest BCUT2D eigenvalue weighted by Crippen LogP contribution is -2.32. The van der Waals surface area contributed by atoms with Crippen LogP contribution in [0.2, 0.25) is 0 Å². The Kier molecular flexibility index (Phi) is 7.39. The summed E-state index contributed by atoms with van der Waals surface area (Å²) in [6, 6.07) is 0. The minimum absolute atomic E-state index is 0.125. The van der Waals surface area contributed by atoms with Crippen LogP contribution >= 0.6 is 0 Å². The molecule has 0 heterocycles. The van der Waals surface area contributed by atoms with E-state index in [-0.39, 0.29) is 19.3 Å². The number of ether oxygens (including phenoxy) is 2. The van der Waals surface area contributed by atoms with Gasteiger partial charge in [0.1, 0.15) is 6.10 Å². The summed E-state index contributed by atoms with van der Waals surface area (Å²) in [5, 5.41) is 18.0. The topological polar surface area (TPSA) is 58.9 Å². The van der Waals surface area contributed by atoms with E-state index < -0.39 is 6.10 Å². The largest absolute Gasteiger partial charge is 0.396 e. The highest BCUT2D eigenvalue weighted by atomic mass is 16.5. The molecule has 0 rings (SSSR count). The standard InChI is InChI=1S/C8H18O4/c1-11-6-7(10)8(12-2)4-3-5-9/h7-10H,3-6H2,1-2H3. The molecule has 0 saturated carbocycles. The molecule has 0 aliphatic heterocycles. The molecule has 0 radical (unpaired) electrons. The molecular formula is C8H18O4. The van der Waals surface area contributed by atoms with Crippen molar-refractivity contribution in [1.29, 1.82) is 0 Å². The third-order valence-electron chi connectivity index (χ3n) is 1.72. The van der Waals surface area contributed by atoms with Gasteiger partial charge in [0.2, 0.25) is 0 Å². The fourth-order valence-corrected chi connectivity index (χ4v) is 1.04. The van der Waals surface area contributed by atoms with E-state index >= 15 is 0 Å². The molecule has 2 N–H and O–H groups in total. The van der Waals surface area contributed by atoms with E-state index in [9.17, 15) is 5.11 Å². The zero-order valence-electron chi connectivity index (χ0n) is 7.69. The predicted molar refractivity (Wildman–Crippen MR) is 45.0 cm³/mol. The first-order valence-electron chi connectivity index (χ1n) is 4.07. The van der Waals surface area contributed by atoms with Crippen molar-refractivity contribution >= 4 is 0 Å². The lowest BCUT2D eigenvalue weighted by atomic mass is 10.1. The molecule has 0 aromatic rings. The van der Waals surface area contributed by atoms with Crippen LogP contribution in [0.4, 0.5) is 0 Å². The zero-order chi connectivity index (χ0) is 9.40. The second-order valence-corrected chi connectivity index (χ2v) is 2.66. The highest BCUT2D eigenvalue weighted by molar-refractivity contribution is 4.67. The van der Waals surface area contributed by atoms with E-state index in [1.54, 1.807) is 7.11 Å². The van der Waals surface area contributed by atoms with Gasteiger partial charge >= 0.3 is 0 Å². The second kappa shape index (κ2) is 7.49. The Labute approximate surface area is 73.1 Å². The van der Waals surface area contributed by atoms with E-state index in [1.807, 2.05) is 0 Å². The number of rotatable bonds is 7. The predicted octanol–water partition coefficient (Wildman–Crippen LogP) is -0.219. The molecule has 0 aliphatic carbocycles. The van der Waals surface area contributed by atoms with Crippen molar-refractivity contribution in [3.8, 4) is 0 Å². The van der Waals surface area contributed by atoms with Crippen LogP contribution in [0.1, 0.15) is 12.8 Å². The molecule has 0 bridgehead atoms. The number of aliphatic hydroxyl groups excluding tert-OH is 2. The van der Waals surface area contributed by atoms with Gasteiger partial charge in [0, 0.05) is 20.8 Å². The van der Waals surface area contributed by atoms with Gasteiger partial charge in [-0.1, -0.05) is 0 Å². The highest BCUT2D eigenvalue weighted by Gasteiger charge is 2.17. The van der Waals surface area contributed by atoms with Crippen LogP contribution in [0.5, 0.6) is 0 Å². The summed E-state index contributed by atoms with van der Waals surface area (Å²) in [5.74, 6) is 0. The first-order valence-corrected chi connectivity index (χ1v) is 4.07. The SMILES string of the molecule is COCC(O)C(CCCO)OC. The molecule has 0 aromatic heterocycles. The number of methoxy groups -OCH3 is 2. The van der Waals surface area contributed by atoms with E-state index in [2.05, 4.69) is 0 Å². The quantitative estimate of drug-likeness (QED) is 0.566. The van der Waals surface area contributed by atoms with E-state index in [0.29, 0.717) is 12.8 Å². The molecule has 4 heteroatoms. The van der Waals surface area contributed by atoms with Crippen LogP contribution < -0.4 is 0 Å². The molecule has 0 aromatic carbocycles. The molecule has 0 aliphatic rings. The summed E-state index contributed by atoms with van der Waals surface area (Å²) < 4.78 is 9.80. The first-order chi connectivity index (χ1) is 5.76. The Morgan fingerprint density at radius 1 is 1.33 bits per heavy atom. The van der Waals surface area contributed by atoms with Crippen molar-refractivity contribution in [2.75, 3.05) is 27.4 Å². The van der Waals surface area contributed by atoms with E-state index in [4.69, 9.17) is 14.6 Å². The third kappa shape index (κ3) is 4.66. The van der Waals surface area contributed by atoms with Crippen molar-refractivity contribution in [3.63, 3.8) is 0 Å². The van der Waals surface area contributed by atoms with Crippen LogP contribution in [0, 0.1) is 0 Å². The molecular weight excluding hydrogens is 160 g/mol. The number of aliphatic hydroxyl groups is 2. The molecule has 0 amide bonds. The maximum atomic E-state index is 9.40. The summed E-state index contributed by atoms with van der Waals surface area (Å²) in [7, 11) is 3.07. The Morgan fingerprint density at radius 3 is 2.42 bits per heavy atom. The van der Waals surface area contributed by atoms with Crippen LogP contribution in [0.15, 0.2) is 0 Å². The summed E-state index contributed by atoms with van der Waals surface area (Å²) in [5.41, 5.74) is 0. The van der Waals surface area contributed by atoms with Gasteiger partial charge in [-0.2, -0.15) is 0 Å². The molecule has 2 unspecified atom stereocenters. The summed E-state index contributed by atoms with van der Waals surface area (Å²) in [6.07, 6.45) is 0.445. The van der Waals surface area contributed by atoms with Gasteiger partial charge in [0.15, 0.2) is 0 Å². The van der Waals surface area contributed by atoms with Gasteiger partial charge in [-0.05, 0) is 12.8 Å². The molecule has 0 spiro atoms. The van der Waals surface area contributed by atoms with Gasteiger partial charge in [-0.15, -0.1) is 0 Å². The third-order valence-corrected chi connectivity index (χ3v) is 1.72. The summed E-state index contributed by atoms with van der Waals surface area (Å²) in [4.78, 5) is 0. The normalized spacial score (nSPS) is 16.0. The summed E-state index contributed by atoms with van der Waals surface area (Å²) in [6.45, 7) is 0.392. The number of hydrogen-bond donors (Lipinski definition) is 2. The van der Waals surface area contributed by atoms with Gasteiger partial charge in [-0.3, -0.25) is 0 Å². The lowest BCUT2D eigenvalue weighted by Gasteiger charge is -2.20. The van der Waals surface area contributed by atoms with Gasteiger partial charge in [0.05, 0.1) is 12.7 Å². The fourth-order valence-electron chi connectivity index (χ4n) is 1.04. The Bertz CT molecular complexity index is 97.1. The van der Waals surface area contributed by atoms with Crippen LogP contribution in [0.25, 0.3) is 0 Å². The molecule has 2 atom stereocenters. The Balaban J connectivity index is 3.62. The monoisotopic (exact) mass is 178 g/mol. The average Bonchev–Trinajstić information content (AvgIpc) is 2.06. The minimum Gasteiger partial charge on any atom is -0.396 e. The maximum absolute atomic E-state index is 9.40. The van der Waals surface area contributed by atoms with E-state index in [0.717, 1.165) is 0 Å². The Hall–Kier alpha value is -0.160. The van der Waals surface area contributed by atoms with Crippen molar-refractivity contribution in [2.45, 2.75) is 25.0 Å². The molecule has 74 valence electrons. The Morgan fingerprint density at radius 2 is 2.00 bits per heavy atom. The van der Waals surface area contributed by atoms with Crippen molar-refractivity contribution in [3.05, 3.63) is 0 Å². The highest BCUT2D eigenvalue weighted by Crippen LogP contribution is 2.06. The van der Waals surface area contributed by atoms with Gasteiger partial charge < -0.3 is 19.7 Å². The first kappa shape index (κ1) is 11.8. The van der Waals surface area contributed by atoms with Gasteiger partial charge in [0.25, 0.3) is 0 Å². The zero-order valence-corrected chi connectivity index (χ0v) is 7.69. The minimum atomic E-state index is -0.605. The van der Waals surface area contributed by atoms with Crippen molar-refractivity contribution in [1.82, 2.24) is 0 Å². The average molecular weight is 178 g/mol. The van der Waals surface area contributed by atoms with E-state index in [1.165, 1.54) is 7.11 Å². The maximum Gasteiger partial charge on any atom is 0.103 e. The molecule has 12 heavy (non-hydrogen) atoms. The second-order valence-electron chi connectivity index (χ2n) is 2.66. The van der Waals surface area contributed by atoms with Crippen LogP contribution in [-0.2, 0) is 9.47 Å². The van der Waals surface area contributed by atoms with Crippen LogP contribution in [-0.4, -0.2) is 49.9 Å². The molecule has 0 saturated heterocycles. The molecule has 0 fully saturated rings.